The molecule has 0 aliphatic rings. The zero-order valence-corrected chi connectivity index (χ0v) is 10.0. The maximum Gasteiger partial charge on any atom is 0.307 e. The molecule has 0 saturated heterocycles. The van der Waals surface area contributed by atoms with E-state index in [0.717, 1.165) is 0 Å². The molecule has 6 nitrogen and oxygen atoms in total. The molecule has 0 spiro atoms. The van der Waals surface area contributed by atoms with Gasteiger partial charge in [0.05, 0.1) is 17.1 Å². The smallest absolute Gasteiger partial charge is 0.307 e. The van der Waals surface area contributed by atoms with Crippen LogP contribution in [0.25, 0.3) is 0 Å². The van der Waals surface area contributed by atoms with Gasteiger partial charge in [-0.3, -0.25) is 15.4 Å². The molecule has 19 heavy (non-hydrogen) atoms. The molecular weight excluding hydrogens is 260 g/mol. The standard InChI is InChI=1S/C11H11F2N3O3/c1-2-15-7(5-14)6-19-11-4-8(12)10(16(17)18)3-9(11)13/h3-4,7,15H,2,6H2,1H3. The van der Waals surface area contributed by atoms with Crippen molar-refractivity contribution >= 4 is 5.69 Å². The Morgan fingerprint density at radius 3 is 2.74 bits per heavy atom. The number of benzene rings is 1. The number of nitrogens with zero attached hydrogens (tertiary/aromatic N) is 2. The first-order valence-corrected chi connectivity index (χ1v) is 5.38. The van der Waals surface area contributed by atoms with Gasteiger partial charge in [-0.2, -0.15) is 9.65 Å². The number of rotatable bonds is 6. The molecule has 0 amide bonds. The van der Waals surface area contributed by atoms with Gasteiger partial charge in [-0.1, -0.05) is 6.92 Å². The van der Waals surface area contributed by atoms with Gasteiger partial charge < -0.3 is 4.74 Å². The average molecular weight is 271 g/mol. The zero-order chi connectivity index (χ0) is 14.4. The van der Waals surface area contributed by atoms with E-state index in [1.165, 1.54) is 0 Å². The summed E-state index contributed by atoms with van der Waals surface area (Å²) in [4.78, 5) is 9.36. The third kappa shape index (κ3) is 3.86. The second kappa shape index (κ2) is 6.61. The van der Waals surface area contributed by atoms with Gasteiger partial charge in [-0.25, -0.2) is 4.39 Å². The molecule has 1 rings (SSSR count). The van der Waals surface area contributed by atoms with Crippen molar-refractivity contribution in [3.63, 3.8) is 0 Å². The summed E-state index contributed by atoms with van der Waals surface area (Å²) in [5, 5.41) is 21.9. The lowest BCUT2D eigenvalue weighted by Gasteiger charge is -2.12. The van der Waals surface area contributed by atoms with Crippen LogP contribution in [0.4, 0.5) is 14.5 Å². The third-order valence-electron chi connectivity index (χ3n) is 2.21. The SMILES string of the molecule is CCNC(C#N)COc1cc(F)c([N+](=O)[O-])cc1F. The lowest BCUT2D eigenvalue weighted by molar-refractivity contribution is -0.387. The summed E-state index contributed by atoms with van der Waals surface area (Å²) in [5.41, 5.74) is -0.964. The van der Waals surface area contributed by atoms with Gasteiger partial charge >= 0.3 is 5.69 Å². The minimum Gasteiger partial charge on any atom is -0.488 e. The summed E-state index contributed by atoms with van der Waals surface area (Å²) in [5.74, 6) is -2.72. The molecule has 0 radical (unpaired) electrons. The average Bonchev–Trinajstić information content (AvgIpc) is 2.37. The van der Waals surface area contributed by atoms with E-state index in [1.54, 1.807) is 6.92 Å². The lowest BCUT2D eigenvalue weighted by Crippen LogP contribution is -2.33. The van der Waals surface area contributed by atoms with Crippen LogP contribution in [0.5, 0.6) is 5.75 Å². The molecule has 1 atom stereocenters. The molecular formula is C11H11F2N3O3. The fourth-order valence-corrected chi connectivity index (χ4v) is 1.33. The van der Waals surface area contributed by atoms with Crippen LogP contribution in [0.3, 0.4) is 0 Å². The number of nitro groups is 1. The van der Waals surface area contributed by atoms with Gasteiger partial charge in [0.15, 0.2) is 11.6 Å². The van der Waals surface area contributed by atoms with Crippen molar-refractivity contribution in [1.82, 2.24) is 5.32 Å². The number of hydrogen-bond donors (Lipinski definition) is 1. The van der Waals surface area contributed by atoms with E-state index in [1.807, 2.05) is 6.07 Å². The van der Waals surface area contributed by atoms with E-state index >= 15 is 0 Å². The quantitative estimate of drug-likeness (QED) is 0.629. The van der Waals surface area contributed by atoms with Crippen molar-refractivity contribution < 1.29 is 18.4 Å². The fourth-order valence-electron chi connectivity index (χ4n) is 1.33. The number of halogens is 2. The van der Waals surface area contributed by atoms with E-state index in [9.17, 15) is 18.9 Å². The van der Waals surface area contributed by atoms with Crippen molar-refractivity contribution in [2.24, 2.45) is 0 Å². The molecule has 1 N–H and O–H groups in total. The first-order chi connectivity index (χ1) is 8.99. The Labute approximate surface area is 107 Å². The minimum absolute atomic E-state index is 0.196. The number of ether oxygens (including phenoxy) is 1. The maximum atomic E-state index is 13.4. The Kier molecular flexibility index (Phi) is 5.14. The molecule has 0 saturated carbocycles. The molecule has 0 bridgehead atoms. The van der Waals surface area contributed by atoms with Crippen molar-refractivity contribution in [3.05, 3.63) is 33.9 Å². The summed E-state index contributed by atoms with van der Waals surface area (Å²) in [6, 6.07) is 2.23. The topological polar surface area (TPSA) is 88.2 Å². The highest BCUT2D eigenvalue weighted by Gasteiger charge is 2.20. The zero-order valence-electron chi connectivity index (χ0n) is 10.0. The molecule has 102 valence electrons. The van der Waals surface area contributed by atoms with Crippen LogP contribution in [0, 0.1) is 33.1 Å². The fraction of sp³-hybridized carbons (Fsp3) is 0.364. The molecule has 8 heteroatoms. The molecule has 1 aromatic carbocycles. The third-order valence-corrected chi connectivity index (χ3v) is 2.21. The Balaban J connectivity index is 2.83. The van der Waals surface area contributed by atoms with Gasteiger partial charge in [-0.05, 0) is 6.54 Å². The first kappa shape index (κ1) is 14.8. The Morgan fingerprint density at radius 2 is 2.21 bits per heavy atom. The van der Waals surface area contributed by atoms with Gasteiger partial charge in [0, 0.05) is 6.07 Å². The van der Waals surface area contributed by atoms with Gasteiger partial charge in [-0.15, -0.1) is 0 Å². The molecule has 1 aromatic rings. The number of hydrogen-bond acceptors (Lipinski definition) is 5. The summed E-state index contributed by atoms with van der Waals surface area (Å²) in [6.45, 7) is 2.09. The number of nitro benzene ring substituents is 1. The van der Waals surface area contributed by atoms with Crippen LogP contribution in [-0.2, 0) is 0 Å². The lowest BCUT2D eigenvalue weighted by atomic mass is 10.2. The Bertz CT molecular complexity index is 517. The van der Waals surface area contributed by atoms with E-state index in [4.69, 9.17) is 10.00 Å². The van der Waals surface area contributed by atoms with Gasteiger partial charge in [0.25, 0.3) is 0 Å². The van der Waals surface area contributed by atoms with Crippen LogP contribution in [0.2, 0.25) is 0 Å². The molecule has 0 aliphatic heterocycles. The van der Waals surface area contributed by atoms with Gasteiger partial charge in [0.2, 0.25) is 5.82 Å². The highest BCUT2D eigenvalue weighted by Crippen LogP contribution is 2.26. The molecule has 0 fully saturated rings. The van der Waals surface area contributed by atoms with Gasteiger partial charge in [0.1, 0.15) is 12.6 Å². The monoisotopic (exact) mass is 271 g/mol. The van der Waals surface area contributed by atoms with Crippen LogP contribution in [0.15, 0.2) is 12.1 Å². The predicted molar refractivity (Wildman–Crippen MR) is 61.6 cm³/mol. The Hall–Kier alpha value is -2.27. The number of nitrogens with one attached hydrogen (secondary N) is 1. The van der Waals surface area contributed by atoms with E-state index in [0.29, 0.717) is 18.7 Å². The number of nitriles is 1. The van der Waals surface area contributed by atoms with E-state index in [2.05, 4.69) is 5.32 Å². The van der Waals surface area contributed by atoms with Crippen molar-refractivity contribution in [2.45, 2.75) is 13.0 Å². The normalized spacial score (nSPS) is 11.7. The van der Waals surface area contributed by atoms with Crippen LogP contribution in [-0.4, -0.2) is 24.1 Å². The molecule has 0 heterocycles. The summed E-state index contributed by atoms with van der Waals surface area (Å²) in [6.07, 6.45) is 0. The van der Waals surface area contributed by atoms with Crippen LogP contribution < -0.4 is 10.1 Å². The maximum absolute atomic E-state index is 13.4. The highest BCUT2D eigenvalue weighted by molar-refractivity contribution is 5.39. The van der Waals surface area contributed by atoms with Crippen molar-refractivity contribution in [3.8, 4) is 11.8 Å². The second-order valence-corrected chi connectivity index (χ2v) is 3.54. The Morgan fingerprint density at radius 1 is 1.53 bits per heavy atom. The largest absolute Gasteiger partial charge is 0.488 e. The van der Waals surface area contributed by atoms with E-state index in [-0.39, 0.29) is 6.61 Å². The highest BCUT2D eigenvalue weighted by atomic mass is 19.1. The predicted octanol–water partition coefficient (Wildman–Crippen LogP) is 1.75. The minimum atomic E-state index is -1.20. The molecule has 0 aliphatic carbocycles. The second-order valence-electron chi connectivity index (χ2n) is 3.54. The van der Waals surface area contributed by atoms with E-state index < -0.39 is 34.0 Å². The van der Waals surface area contributed by atoms with Crippen LogP contribution >= 0.6 is 0 Å². The summed E-state index contributed by atoms with van der Waals surface area (Å²) < 4.78 is 31.6. The summed E-state index contributed by atoms with van der Waals surface area (Å²) >= 11 is 0. The first-order valence-electron chi connectivity index (χ1n) is 5.38. The van der Waals surface area contributed by atoms with Crippen molar-refractivity contribution in [1.29, 1.82) is 5.26 Å². The van der Waals surface area contributed by atoms with Crippen molar-refractivity contribution in [2.75, 3.05) is 13.2 Å². The number of likely N-dealkylation sites (N-methyl/N-ethyl adjacent to an activating group) is 1. The molecule has 1 unspecified atom stereocenters. The van der Waals surface area contributed by atoms with Crippen LogP contribution in [0.1, 0.15) is 6.92 Å². The summed E-state index contributed by atoms with van der Waals surface area (Å²) in [7, 11) is 0. The molecule has 0 aromatic heterocycles.